The summed E-state index contributed by atoms with van der Waals surface area (Å²) in [6.07, 6.45) is 0. The van der Waals surface area contributed by atoms with E-state index in [-0.39, 0.29) is 0 Å². The van der Waals surface area contributed by atoms with Gasteiger partial charge in [0.1, 0.15) is 11.4 Å². The Kier molecular flexibility index (Phi) is 9.74. The Morgan fingerprint density at radius 1 is 0.275 bits per heavy atom. The van der Waals surface area contributed by atoms with Gasteiger partial charge in [-0.25, -0.2) is 0 Å². The smallest absolute Gasteiger partial charge is 0.158 e. The van der Waals surface area contributed by atoms with E-state index in [1.807, 2.05) is 0 Å². The quantitative estimate of drug-likeness (QED) is 0.131. The van der Waals surface area contributed by atoms with Crippen molar-refractivity contribution in [2.24, 2.45) is 0 Å². The number of para-hydroxylation sites is 5. The molecule has 12 aromatic rings. The third kappa shape index (κ3) is 6.71. The maximum absolute atomic E-state index is 2.43. The first-order valence-corrected chi connectivity index (χ1v) is 23.7. The monoisotopic (exact) mass is 880 g/mol. The number of fused-ring (bicyclic) bond motifs is 6. The Morgan fingerprint density at radius 3 is 1.49 bits per heavy atom. The van der Waals surface area contributed by atoms with E-state index in [9.17, 15) is 0 Å². The zero-order chi connectivity index (χ0) is 45.7. The fourth-order valence-corrected chi connectivity index (χ4v) is 10.9. The van der Waals surface area contributed by atoms with E-state index in [2.05, 4.69) is 289 Å². The molecule has 0 spiro atoms. The van der Waals surface area contributed by atoms with Gasteiger partial charge < -0.3 is 9.47 Å². The van der Waals surface area contributed by atoms with Gasteiger partial charge in [0.05, 0.1) is 27.8 Å². The molecule has 0 radical (unpaired) electrons. The van der Waals surface area contributed by atoms with E-state index in [0.717, 1.165) is 33.9 Å². The van der Waals surface area contributed by atoms with Crippen LogP contribution in [-0.2, 0) is 0 Å². The van der Waals surface area contributed by atoms with E-state index in [0.29, 0.717) is 4.48 Å². The van der Waals surface area contributed by atoms with Crippen LogP contribution in [0.1, 0.15) is 0 Å². The number of quaternary nitrogens is 1. The molecule has 1 aliphatic rings. The molecule has 1 aliphatic heterocycles. The van der Waals surface area contributed by atoms with Gasteiger partial charge in [0.2, 0.25) is 0 Å². The maximum atomic E-state index is 2.43. The molecule has 0 aliphatic carbocycles. The van der Waals surface area contributed by atoms with Gasteiger partial charge in [0.25, 0.3) is 0 Å². The molecular formula is C66H46N3+. The fraction of sp³-hybridized carbons (Fsp3) is 0. The molecule has 11 aromatic carbocycles. The van der Waals surface area contributed by atoms with E-state index < -0.39 is 0 Å². The predicted octanol–water partition coefficient (Wildman–Crippen LogP) is 18.5. The molecule has 0 bridgehead atoms. The number of anilines is 3. The summed E-state index contributed by atoms with van der Waals surface area (Å²) >= 11 is 0. The van der Waals surface area contributed by atoms with Gasteiger partial charge >= 0.3 is 0 Å². The number of aromatic nitrogens is 1. The minimum atomic E-state index is 0.479. The SMILES string of the molecule is c1ccc(-c2ccc(N(c3cccc(-c4cccc(-c5ccc6c7ccccc7n(-c7ccccc7)c6c5)c4)c3)c3ccc4c(c3)[N+](c3ccccc3)(c3ccccc3)c3ccccc3-4)cc2)cc1. The maximum Gasteiger partial charge on any atom is 0.158 e. The van der Waals surface area contributed by atoms with E-state index in [1.165, 1.54) is 77.9 Å². The molecule has 3 nitrogen and oxygen atoms in total. The molecule has 2 heterocycles. The molecule has 3 heteroatoms. The first-order chi connectivity index (χ1) is 34.2. The second kappa shape index (κ2) is 16.7. The van der Waals surface area contributed by atoms with Crippen LogP contribution in [0.5, 0.6) is 0 Å². The molecule has 0 atom stereocenters. The Hall–Kier alpha value is -9.02. The standard InChI is InChI=1S/C66H46N3/c1-5-19-47(20-6-1)48-35-38-54(39-36-48)67(56-40-42-62-61-32-14-16-34-65(61)69(66(62)46-56,57-27-9-3-10-28-57)58-29-11-4-12-30-58)55-26-18-23-51(44-55)49-21-17-22-50(43-49)52-37-41-60-59-31-13-15-33-63(59)68(64(60)45-52)53-24-7-2-8-25-53/h1-46H/q+1. The highest BCUT2D eigenvalue weighted by atomic mass is 15.4. The van der Waals surface area contributed by atoms with Crippen molar-refractivity contribution in [2.45, 2.75) is 0 Å². The molecular weight excluding hydrogens is 835 g/mol. The van der Waals surface area contributed by atoms with Crippen LogP contribution < -0.4 is 9.38 Å². The average Bonchev–Trinajstić information content (AvgIpc) is 3.92. The van der Waals surface area contributed by atoms with Crippen molar-refractivity contribution in [3.05, 3.63) is 279 Å². The van der Waals surface area contributed by atoms with Gasteiger partial charge in [0, 0.05) is 64.2 Å². The van der Waals surface area contributed by atoms with Crippen LogP contribution in [0.3, 0.4) is 0 Å². The molecule has 69 heavy (non-hydrogen) atoms. The third-order valence-corrected chi connectivity index (χ3v) is 14.0. The van der Waals surface area contributed by atoms with Gasteiger partial charge in [-0.2, -0.15) is 4.48 Å². The summed E-state index contributed by atoms with van der Waals surface area (Å²) in [6, 6.07) is 102. The number of hydrogen-bond acceptors (Lipinski definition) is 1. The summed E-state index contributed by atoms with van der Waals surface area (Å²) in [7, 11) is 0. The Balaban J connectivity index is 0.959. The van der Waals surface area contributed by atoms with Crippen LogP contribution in [0.4, 0.5) is 39.8 Å². The van der Waals surface area contributed by atoms with E-state index in [4.69, 9.17) is 0 Å². The summed E-state index contributed by atoms with van der Waals surface area (Å²) in [6.45, 7) is 0. The lowest BCUT2D eigenvalue weighted by Crippen LogP contribution is -2.31. The Labute approximate surface area is 402 Å². The van der Waals surface area contributed by atoms with Crippen LogP contribution in [0.2, 0.25) is 0 Å². The molecule has 0 saturated carbocycles. The highest BCUT2D eigenvalue weighted by Crippen LogP contribution is 2.63. The lowest BCUT2D eigenvalue weighted by molar-refractivity contribution is 0.721. The predicted molar refractivity (Wildman–Crippen MR) is 291 cm³/mol. The molecule has 0 unspecified atom stereocenters. The van der Waals surface area contributed by atoms with Crippen LogP contribution in [-0.4, -0.2) is 4.57 Å². The fourth-order valence-electron chi connectivity index (χ4n) is 10.9. The zero-order valence-corrected chi connectivity index (χ0v) is 37.9. The lowest BCUT2D eigenvalue weighted by Gasteiger charge is -2.35. The van der Waals surface area contributed by atoms with Gasteiger partial charge in [-0.1, -0.05) is 170 Å². The second-order valence-electron chi connectivity index (χ2n) is 17.9. The van der Waals surface area contributed by atoms with E-state index >= 15 is 0 Å². The van der Waals surface area contributed by atoms with Crippen molar-refractivity contribution in [3.63, 3.8) is 0 Å². The average molecular weight is 881 g/mol. The molecule has 0 saturated heterocycles. The van der Waals surface area contributed by atoms with Gasteiger partial charge in [-0.05, 0) is 106 Å². The molecule has 0 N–H and O–H groups in total. The Bertz CT molecular complexity index is 3780. The van der Waals surface area contributed by atoms with Crippen molar-refractivity contribution in [2.75, 3.05) is 4.90 Å². The second-order valence-corrected chi connectivity index (χ2v) is 17.9. The third-order valence-electron chi connectivity index (χ3n) is 14.0. The first-order valence-electron chi connectivity index (χ1n) is 23.7. The molecule has 13 rings (SSSR count). The normalized spacial score (nSPS) is 12.5. The summed E-state index contributed by atoms with van der Waals surface area (Å²) in [5, 5.41) is 2.50. The summed E-state index contributed by atoms with van der Waals surface area (Å²) in [5.41, 5.74) is 21.1. The highest BCUT2D eigenvalue weighted by Gasteiger charge is 2.48. The minimum Gasteiger partial charge on any atom is -0.310 e. The number of hydrogen-bond donors (Lipinski definition) is 0. The van der Waals surface area contributed by atoms with Crippen molar-refractivity contribution < 1.29 is 0 Å². The Morgan fingerprint density at radius 2 is 0.768 bits per heavy atom. The number of nitrogens with zero attached hydrogens (tertiary/aromatic N) is 3. The molecule has 0 amide bonds. The van der Waals surface area contributed by atoms with Crippen molar-refractivity contribution >= 4 is 61.6 Å². The van der Waals surface area contributed by atoms with Gasteiger partial charge in [0.15, 0.2) is 11.4 Å². The summed E-state index contributed by atoms with van der Waals surface area (Å²) in [4.78, 5) is 2.42. The van der Waals surface area contributed by atoms with Crippen LogP contribution in [0.15, 0.2) is 279 Å². The van der Waals surface area contributed by atoms with Crippen LogP contribution >= 0.6 is 0 Å². The topological polar surface area (TPSA) is 8.17 Å². The zero-order valence-electron chi connectivity index (χ0n) is 37.9. The number of rotatable bonds is 9. The summed E-state index contributed by atoms with van der Waals surface area (Å²) in [5.74, 6) is 0. The lowest BCUT2D eigenvalue weighted by atomic mass is 9.97. The van der Waals surface area contributed by atoms with Crippen molar-refractivity contribution in [3.8, 4) is 50.2 Å². The molecule has 1 aromatic heterocycles. The number of benzene rings is 11. The van der Waals surface area contributed by atoms with Crippen LogP contribution in [0, 0.1) is 0 Å². The van der Waals surface area contributed by atoms with Crippen molar-refractivity contribution in [1.82, 2.24) is 9.05 Å². The summed E-state index contributed by atoms with van der Waals surface area (Å²) < 4.78 is 2.87. The van der Waals surface area contributed by atoms with Gasteiger partial charge in [-0.15, -0.1) is 0 Å². The van der Waals surface area contributed by atoms with E-state index in [1.54, 1.807) is 0 Å². The van der Waals surface area contributed by atoms with Crippen molar-refractivity contribution in [1.29, 1.82) is 0 Å². The molecule has 0 fully saturated rings. The molecule has 324 valence electrons. The minimum absolute atomic E-state index is 0.479. The van der Waals surface area contributed by atoms with Crippen LogP contribution in [0.25, 0.3) is 72.0 Å². The highest BCUT2D eigenvalue weighted by molar-refractivity contribution is 6.10. The van der Waals surface area contributed by atoms with Gasteiger partial charge in [-0.3, -0.25) is 0 Å². The largest absolute Gasteiger partial charge is 0.310 e. The first kappa shape index (κ1) is 40.3.